The number of benzene rings is 1. The van der Waals surface area contributed by atoms with E-state index in [1.807, 2.05) is 0 Å². The lowest BCUT2D eigenvalue weighted by Gasteiger charge is -2.02. The molecule has 1 aromatic carbocycles. The number of nitrogens with zero attached hydrogens (tertiary/aromatic N) is 4. The monoisotopic (exact) mass is 272 g/mol. The maximum absolute atomic E-state index is 12.9. The molecule has 0 spiro atoms. The number of carbonyl (C=O) groups is 1. The summed E-state index contributed by atoms with van der Waals surface area (Å²) in [5.41, 5.74) is 1.78. The molecule has 3 aromatic rings. The second kappa shape index (κ2) is 4.69. The second-order valence-electron chi connectivity index (χ2n) is 4.18. The SMILES string of the molecule is O=C(O)Cc1nnc2ccc(-c3ccc(F)cc3)nn12. The molecular formula is C13H9FN4O2. The standard InChI is InChI=1S/C13H9FN4O2/c14-9-3-1-8(2-4-9)10-5-6-11-15-16-12(7-13(19)20)18(11)17-10/h1-6H,7H2,(H,19,20). The lowest BCUT2D eigenvalue weighted by atomic mass is 10.1. The van der Waals surface area contributed by atoms with Gasteiger partial charge in [-0.3, -0.25) is 4.79 Å². The van der Waals surface area contributed by atoms with Gasteiger partial charge in [-0.15, -0.1) is 10.2 Å². The Hall–Kier alpha value is -2.83. The number of hydrogen-bond donors (Lipinski definition) is 1. The molecule has 0 atom stereocenters. The van der Waals surface area contributed by atoms with Crippen molar-refractivity contribution < 1.29 is 14.3 Å². The summed E-state index contributed by atoms with van der Waals surface area (Å²) >= 11 is 0. The zero-order valence-electron chi connectivity index (χ0n) is 10.2. The van der Waals surface area contributed by atoms with E-state index in [2.05, 4.69) is 15.3 Å². The van der Waals surface area contributed by atoms with Crippen molar-refractivity contribution in [2.75, 3.05) is 0 Å². The van der Waals surface area contributed by atoms with Gasteiger partial charge in [0.05, 0.1) is 5.69 Å². The highest BCUT2D eigenvalue weighted by Crippen LogP contribution is 2.17. The Kier molecular flexibility index (Phi) is 2.86. The van der Waals surface area contributed by atoms with E-state index in [1.165, 1.54) is 16.6 Å². The van der Waals surface area contributed by atoms with Gasteiger partial charge in [0.2, 0.25) is 0 Å². The lowest BCUT2D eigenvalue weighted by Crippen LogP contribution is -2.07. The molecule has 0 radical (unpaired) electrons. The fraction of sp³-hybridized carbons (Fsp3) is 0.0769. The summed E-state index contributed by atoms with van der Waals surface area (Å²) in [5, 5.41) is 20.7. The van der Waals surface area contributed by atoms with Gasteiger partial charge in [-0.2, -0.15) is 9.61 Å². The van der Waals surface area contributed by atoms with Crippen LogP contribution in [0.5, 0.6) is 0 Å². The van der Waals surface area contributed by atoms with Gasteiger partial charge in [-0.1, -0.05) is 0 Å². The van der Waals surface area contributed by atoms with Crippen LogP contribution in [0.2, 0.25) is 0 Å². The molecule has 2 heterocycles. The Morgan fingerprint density at radius 2 is 1.90 bits per heavy atom. The fourth-order valence-corrected chi connectivity index (χ4v) is 1.85. The Labute approximate surface area is 112 Å². The molecule has 0 fully saturated rings. The number of hydrogen-bond acceptors (Lipinski definition) is 4. The third kappa shape index (κ3) is 2.20. The lowest BCUT2D eigenvalue weighted by molar-refractivity contribution is -0.136. The zero-order chi connectivity index (χ0) is 14.1. The summed E-state index contributed by atoms with van der Waals surface area (Å²) in [4.78, 5) is 10.8. The second-order valence-corrected chi connectivity index (χ2v) is 4.18. The molecule has 0 amide bonds. The van der Waals surface area contributed by atoms with E-state index in [0.29, 0.717) is 11.3 Å². The minimum absolute atomic E-state index is 0.247. The van der Waals surface area contributed by atoms with Crippen LogP contribution in [-0.2, 0) is 11.2 Å². The summed E-state index contributed by atoms with van der Waals surface area (Å²) < 4.78 is 14.3. The molecule has 0 aliphatic rings. The zero-order valence-corrected chi connectivity index (χ0v) is 10.2. The fourth-order valence-electron chi connectivity index (χ4n) is 1.85. The van der Waals surface area contributed by atoms with Crippen molar-refractivity contribution in [1.82, 2.24) is 19.8 Å². The molecule has 0 aliphatic heterocycles. The number of aliphatic carboxylic acids is 1. The first kappa shape index (κ1) is 12.2. The van der Waals surface area contributed by atoms with Crippen LogP contribution in [-0.4, -0.2) is 30.9 Å². The van der Waals surface area contributed by atoms with Crippen molar-refractivity contribution in [2.45, 2.75) is 6.42 Å². The van der Waals surface area contributed by atoms with E-state index in [4.69, 9.17) is 5.11 Å². The topological polar surface area (TPSA) is 80.4 Å². The Balaban J connectivity index is 2.09. The van der Waals surface area contributed by atoms with Gasteiger partial charge in [-0.25, -0.2) is 4.39 Å². The Morgan fingerprint density at radius 1 is 1.15 bits per heavy atom. The van der Waals surface area contributed by atoms with Crippen LogP contribution in [0.25, 0.3) is 16.9 Å². The highest BCUT2D eigenvalue weighted by Gasteiger charge is 2.11. The maximum atomic E-state index is 12.9. The molecule has 7 heteroatoms. The van der Waals surface area contributed by atoms with Gasteiger partial charge < -0.3 is 5.11 Å². The molecule has 0 aliphatic carbocycles. The van der Waals surface area contributed by atoms with Crippen LogP contribution in [0.3, 0.4) is 0 Å². The van der Waals surface area contributed by atoms with Crippen LogP contribution in [0.1, 0.15) is 5.82 Å². The smallest absolute Gasteiger partial charge is 0.311 e. The van der Waals surface area contributed by atoms with Crippen molar-refractivity contribution in [2.24, 2.45) is 0 Å². The van der Waals surface area contributed by atoms with Crippen molar-refractivity contribution in [3.8, 4) is 11.3 Å². The van der Waals surface area contributed by atoms with Crippen molar-refractivity contribution in [1.29, 1.82) is 0 Å². The summed E-state index contributed by atoms with van der Waals surface area (Å²) in [6.45, 7) is 0. The number of fused-ring (bicyclic) bond motifs is 1. The van der Waals surface area contributed by atoms with Crippen LogP contribution >= 0.6 is 0 Å². The van der Waals surface area contributed by atoms with Crippen LogP contribution in [0.4, 0.5) is 4.39 Å². The van der Waals surface area contributed by atoms with Crippen LogP contribution in [0, 0.1) is 5.82 Å². The largest absolute Gasteiger partial charge is 0.481 e. The van der Waals surface area contributed by atoms with E-state index in [1.54, 1.807) is 24.3 Å². The average Bonchev–Trinajstić information content (AvgIpc) is 2.81. The molecule has 0 saturated heterocycles. The third-order valence-corrected chi connectivity index (χ3v) is 2.78. The molecule has 0 bridgehead atoms. The first-order chi connectivity index (χ1) is 9.63. The Bertz CT molecular complexity index is 783. The highest BCUT2D eigenvalue weighted by molar-refractivity contribution is 5.69. The van der Waals surface area contributed by atoms with Gasteiger partial charge in [0.25, 0.3) is 0 Å². The van der Waals surface area contributed by atoms with Crippen molar-refractivity contribution in [3.63, 3.8) is 0 Å². The van der Waals surface area contributed by atoms with Crippen molar-refractivity contribution in [3.05, 3.63) is 48.0 Å². The van der Waals surface area contributed by atoms with E-state index in [0.717, 1.165) is 5.56 Å². The van der Waals surface area contributed by atoms with E-state index in [9.17, 15) is 9.18 Å². The molecular weight excluding hydrogens is 263 g/mol. The summed E-state index contributed by atoms with van der Waals surface area (Å²) in [5.74, 6) is -1.09. The number of halogens is 1. The minimum atomic E-state index is -1.01. The molecule has 2 aromatic heterocycles. The quantitative estimate of drug-likeness (QED) is 0.782. The summed E-state index contributed by atoms with van der Waals surface area (Å²) in [7, 11) is 0. The Morgan fingerprint density at radius 3 is 2.60 bits per heavy atom. The number of carboxylic acids is 1. The number of aromatic nitrogens is 4. The van der Waals surface area contributed by atoms with Crippen LogP contribution < -0.4 is 0 Å². The van der Waals surface area contributed by atoms with Gasteiger partial charge in [0.15, 0.2) is 11.5 Å². The van der Waals surface area contributed by atoms with Crippen LogP contribution in [0.15, 0.2) is 36.4 Å². The summed E-state index contributed by atoms with van der Waals surface area (Å²) in [6.07, 6.45) is -0.263. The first-order valence-electron chi connectivity index (χ1n) is 5.82. The van der Waals surface area contributed by atoms with Gasteiger partial charge >= 0.3 is 5.97 Å². The number of rotatable bonds is 3. The van der Waals surface area contributed by atoms with E-state index in [-0.39, 0.29) is 18.1 Å². The molecule has 1 N–H and O–H groups in total. The third-order valence-electron chi connectivity index (χ3n) is 2.78. The predicted octanol–water partition coefficient (Wildman–Crippen LogP) is 1.56. The van der Waals surface area contributed by atoms with Gasteiger partial charge in [-0.05, 0) is 36.4 Å². The average molecular weight is 272 g/mol. The molecule has 0 unspecified atom stereocenters. The molecule has 100 valence electrons. The molecule has 3 rings (SSSR count). The van der Waals surface area contributed by atoms with Gasteiger partial charge in [0.1, 0.15) is 12.2 Å². The van der Waals surface area contributed by atoms with Crippen molar-refractivity contribution >= 4 is 11.6 Å². The normalized spacial score (nSPS) is 10.8. The minimum Gasteiger partial charge on any atom is -0.481 e. The predicted molar refractivity (Wildman–Crippen MR) is 67.5 cm³/mol. The van der Waals surface area contributed by atoms with E-state index >= 15 is 0 Å². The highest BCUT2D eigenvalue weighted by atomic mass is 19.1. The molecule has 0 saturated carbocycles. The molecule has 20 heavy (non-hydrogen) atoms. The number of carboxylic acid groups (broad SMARTS) is 1. The van der Waals surface area contributed by atoms with Gasteiger partial charge in [0, 0.05) is 5.56 Å². The first-order valence-corrected chi connectivity index (χ1v) is 5.82. The summed E-state index contributed by atoms with van der Waals surface area (Å²) in [6, 6.07) is 9.29. The maximum Gasteiger partial charge on any atom is 0.311 e. The molecule has 6 nitrogen and oxygen atoms in total. The van der Waals surface area contributed by atoms with E-state index < -0.39 is 5.97 Å².